The number of benzene rings is 1. The largest absolute Gasteiger partial charge is 0.491 e. The highest BCUT2D eigenvalue weighted by atomic mass is 16.5. The number of nitrogens with zero attached hydrogens (tertiary/aromatic N) is 8. The molecule has 0 radical (unpaired) electrons. The van der Waals surface area contributed by atoms with E-state index in [0.29, 0.717) is 56.3 Å². The number of aliphatic hydroxyl groups is 1. The molecule has 3 aromatic heterocycles. The molecule has 13 heteroatoms. The van der Waals surface area contributed by atoms with Crippen LogP contribution in [0.5, 0.6) is 5.75 Å². The Balaban J connectivity index is 0.983. The van der Waals surface area contributed by atoms with Crippen LogP contribution in [0.1, 0.15) is 59.4 Å². The molecular weight excluding hydrogens is 550 g/mol. The SMILES string of the molecule is Cc1cc(OCC2(c3ccccc3)CC2)cn2nc(C(O)CN3CC4(CCN(C(=O)c5nncn5C)CC4)NC3=O)nc12. The number of piperidine rings is 1. The van der Waals surface area contributed by atoms with E-state index >= 15 is 0 Å². The number of nitrogens with one attached hydrogen (secondary N) is 1. The molecule has 1 aromatic carbocycles. The molecule has 5 heterocycles. The number of ether oxygens (including phenoxy) is 1. The van der Waals surface area contributed by atoms with Gasteiger partial charge in [0.05, 0.1) is 24.9 Å². The van der Waals surface area contributed by atoms with Crippen molar-refractivity contribution in [3.05, 3.63) is 71.7 Å². The van der Waals surface area contributed by atoms with Crippen molar-refractivity contribution in [2.75, 3.05) is 32.8 Å². The Kier molecular flexibility index (Phi) is 6.56. The van der Waals surface area contributed by atoms with Gasteiger partial charge in [0.2, 0.25) is 5.82 Å². The maximum Gasteiger partial charge on any atom is 0.318 e. The van der Waals surface area contributed by atoms with Gasteiger partial charge in [-0.05, 0) is 49.8 Å². The molecule has 1 saturated carbocycles. The summed E-state index contributed by atoms with van der Waals surface area (Å²) >= 11 is 0. The first kappa shape index (κ1) is 27.3. The number of hydrogen-bond donors (Lipinski definition) is 2. The van der Waals surface area contributed by atoms with Gasteiger partial charge in [-0.3, -0.25) is 4.79 Å². The Hall–Kier alpha value is -4.52. The van der Waals surface area contributed by atoms with Crippen LogP contribution >= 0.6 is 0 Å². The molecule has 3 fully saturated rings. The van der Waals surface area contributed by atoms with Gasteiger partial charge in [0, 0.05) is 32.1 Å². The van der Waals surface area contributed by atoms with Crippen LogP contribution in [-0.4, -0.2) is 94.5 Å². The monoisotopic (exact) mass is 585 g/mol. The number of urea groups is 1. The Morgan fingerprint density at radius 1 is 1.16 bits per heavy atom. The first-order valence-electron chi connectivity index (χ1n) is 14.7. The quantitative estimate of drug-likeness (QED) is 0.320. The van der Waals surface area contributed by atoms with Gasteiger partial charge in [-0.15, -0.1) is 15.3 Å². The normalized spacial score (nSPS) is 19.6. The molecule has 1 atom stereocenters. The van der Waals surface area contributed by atoms with Crippen molar-refractivity contribution >= 4 is 17.6 Å². The number of pyridine rings is 1. The minimum absolute atomic E-state index is 0.0596. The van der Waals surface area contributed by atoms with Crippen molar-refractivity contribution in [1.29, 1.82) is 0 Å². The lowest BCUT2D eigenvalue weighted by Crippen LogP contribution is -2.53. The number of aliphatic hydroxyl groups excluding tert-OH is 1. The highest BCUT2D eigenvalue weighted by Gasteiger charge is 2.46. The summed E-state index contributed by atoms with van der Waals surface area (Å²) in [5, 5.41) is 26.4. The standard InChI is InChI=1S/C30H35N9O4/c1-20-14-22(43-18-29(8-9-29)21-6-4-3-5-7-21)15-39-25(20)32-24(35-39)23(40)16-38-17-30(33-28(38)42)10-12-37(13-11-30)27(41)26-34-31-19-36(26)2/h3-7,14-15,19,23,40H,8-13,16-18H2,1-2H3,(H,33,42). The predicted molar refractivity (Wildman–Crippen MR) is 155 cm³/mol. The number of rotatable bonds is 8. The predicted octanol–water partition coefficient (Wildman–Crippen LogP) is 2.01. The van der Waals surface area contributed by atoms with Gasteiger partial charge in [0.1, 0.15) is 18.2 Å². The van der Waals surface area contributed by atoms with Crippen molar-refractivity contribution in [3.63, 3.8) is 0 Å². The minimum Gasteiger partial charge on any atom is -0.491 e. The van der Waals surface area contributed by atoms with Gasteiger partial charge >= 0.3 is 6.03 Å². The average molecular weight is 586 g/mol. The summed E-state index contributed by atoms with van der Waals surface area (Å²) in [6.07, 6.45) is 5.64. The number of hydrogen-bond acceptors (Lipinski definition) is 8. The highest BCUT2D eigenvalue weighted by molar-refractivity contribution is 5.90. The number of β-amino-alcohol motifs (C(OH)–C–C–N with tert-alkyl or cyclic N) is 1. The Morgan fingerprint density at radius 3 is 2.63 bits per heavy atom. The summed E-state index contributed by atoms with van der Waals surface area (Å²) in [4.78, 5) is 33.7. The second-order valence-corrected chi connectivity index (χ2v) is 12.2. The Bertz CT molecular complexity index is 1670. The van der Waals surface area contributed by atoms with Gasteiger partial charge in [-0.2, -0.15) is 0 Å². The summed E-state index contributed by atoms with van der Waals surface area (Å²) in [7, 11) is 1.74. The first-order valence-corrected chi connectivity index (χ1v) is 14.7. The molecular formula is C30H35N9O4. The minimum atomic E-state index is -1.06. The zero-order valence-electron chi connectivity index (χ0n) is 24.3. The van der Waals surface area contributed by atoms with E-state index in [1.54, 1.807) is 32.1 Å². The maximum absolute atomic E-state index is 12.9. The fourth-order valence-corrected chi connectivity index (χ4v) is 6.29. The van der Waals surface area contributed by atoms with Crippen molar-refractivity contribution < 1.29 is 19.4 Å². The average Bonchev–Trinajstić information content (AvgIpc) is 3.30. The van der Waals surface area contributed by atoms with Crippen LogP contribution < -0.4 is 10.1 Å². The lowest BCUT2D eigenvalue weighted by molar-refractivity contribution is 0.0636. The van der Waals surface area contributed by atoms with E-state index in [4.69, 9.17) is 4.74 Å². The van der Waals surface area contributed by atoms with Crippen LogP contribution in [-0.2, 0) is 12.5 Å². The second-order valence-electron chi connectivity index (χ2n) is 12.2. The molecule has 224 valence electrons. The zero-order valence-corrected chi connectivity index (χ0v) is 24.3. The van der Waals surface area contributed by atoms with Gasteiger partial charge in [-0.1, -0.05) is 30.3 Å². The van der Waals surface area contributed by atoms with Crippen molar-refractivity contribution in [2.24, 2.45) is 7.05 Å². The molecule has 2 aliphatic heterocycles. The highest BCUT2D eigenvalue weighted by Crippen LogP contribution is 2.48. The number of amides is 3. The molecule has 1 spiro atoms. The number of likely N-dealkylation sites (tertiary alicyclic amines) is 1. The number of aryl methyl sites for hydroxylation is 2. The first-order chi connectivity index (χ1) is 20.7. The third-order valence-electron chi connectivity index (χ3n) is 9.12. The molecule has 13 nitrogen and oxygen atoms in total. The van der Waals surface area contributed by atoms with E-state index < -0.39 is 11.6 Å². The number of aromatic nitrogens is 6. The summed E-state index contributed by atoms with van der Waals surface area (Å²) in [5.74, 6) is 1.07. The Labute approximate surface area is 248 Å². The lowest BCUT2D eigenvalue weighted by atomic mass is 9.88. The molecule has 2 saturated heterocycles. The molecule has 3 amide bonds. The molecule has 1 unspecified atom stereocenters. The van der Waals surface area contributed by atoms with Gasteiger partial charge in [0.25, 0.3) is 5.91 Å². The molecule has 43 heavy (non-hydrogen) atoms. The van der Waals surface area contributed by atoms with E-state index in [1.165, 1.54) is 11.9 Å². The summed E-state index contributed by atoms with van der Waals surface area (Å²) < 4.78 is 9.48. The van der Waals surface area contributed by atoms with E-state index in [1.807, 2.05) is 19.1 Å². The van der Waals surface area contributed by atoms with Crippen LogP contribution in [0.2, 0.25) is 0 Å². The van der Waals surface area contributed by atoms with E-state index in [2.05, 4.69) is 49.9 Å². The number of carbonyl (C=O) groups is 2. The van der Waals surface area contributed by atoms with Crippen LogP contribution in [0, 0.1) is 6.92 Å². The van der Waals surface area contributed by atoms with Crippen molar-refractivity contribution in [2.45, 2.75) is 49.7 Å². The fraction of sp³-hybridized carbons (Fsp3) is 0.467. The second kappa shape index (κ2) is 10.3. The van der Waals surface area contributed by atoms with Gasteiger partial charge in [0.15, 0.2) is 11.5 Å². The van der Waals surface area contributed by atoms with Crippen LogP contribution in [0.15, 0.2) is 48.9 Å². The molecule has 1 aliphatic carbocycles. The summed E-state index contributed by atoms with van der Waals surface area (Å²) in [6.45, 7) is 4.01. The topological polar surface area (TPSA) is 143 Å². The Morgan fingerprint density at radius 2 is 1.93 bits per heavy atom. The number of fused-ring (bicyclic) bond motifs is 1. The number of carbonyl (C=O) groups excluding carboxylic acids is 2. The summed E-state index contributed by atoms with van der Waals surface area (Å²) in [5.41, 5.74) is 2.42. The lowest BCUT2D eigenvalue weighted by Gasteiger charge is -2.38. The zero-order chi connectivity index (χ0) is 29.8. The van der Waals surface area contributed by atoms with Gasteiger partial charge < -0.3 is 29.5 Å². The van der Waals surface area contributed by atoms with Crippen molar-refractivity contribution in [3.8, 4) is 5.75 Å². The van der Waals surface area contributed by atoms with Gasteiger partial charge in [-0.25, -0.2) is 14.3 Å². The molecule has 4 aromatic rings. The third kappa shape index (κ3) is 5.07. The third-order valence-corrected chi connectivity index (χ3v) is 9.12. The summed E-state index contributed by atoms with van der Waals surface area (Å²) in [6, 6.07) is 12.2. The smallest absolute Gasteiger partial charge is 0.318 e. The van der Waals surface area contributed by atoms with Crippen LogP contribution in [0.3, 0.4) is 0 Å². The van der Waals surface area contributed by atoms with E-state index in [-0.39, 0.29) is 29.7 Å². The van der Waals surface area contributed by atoms with Crippen LogP contribution in [0.25, 0.3) is 5.65 Å². The van der Waals surface area contributed by atoms with E-state index in [0.717, 1.165) is 18.4 Å². The molecule has 0 bridgehead atoms. The molecule has 2 N–H and O–H groups in total. The van der Waals surface area contributed by atoms with Crippen LogP contribution in [0.4, 0.5) is 4.79 Å². The van der Waals surface area contributed by atoms with E-state index in [9.17, 15) is 14.7 Å². The molecule has 7 rings (SSSR count). The fourth-order valence-electron chi connectivity index (χ4n) is 6.29. The maximum atomic E-state index is 12.9. The molecule has 3 aliphatic rings. The van der Waals surface area contributed by atoms with Crippen molar-refractivity contribution in [1.82, 2.24) is 44.5 Å².